The Bertz CT molecular complexity index is 694. The van der Waals surface area contributed by atoms with Gasteiger partial charge in [0.25, 0.3) is 0 Å². The summed E-state index contributed by atoms with van der Waals surface area (Å²) in [6.45, 7) is 6.96. The maximum atomic E-state index is 4.99. The van der Waals surface area contributed by atoms with E-state index in [1.54, 1.807) is 0 Å². The average Bonchev–Trinajstić information content (AvgIpc) is 2.78. The van der Waals surface area contributed by atoms with Crippen molar-refractivity contribution in [2.75, 3.05) is 0 Å². The molecule has 1 nitrogen and oxygen atoms in total. The Morgan fingerprint density at radius 2 is 1.68 bits per heavy atom. The van der Waals surface area contributed by atoms with Crippen LogP contribution in [-0.4, -0.2) is 5.71 Å². The van der Waals surface area contributed by atoms with E-state index in [-0.39, 0.29) is 5.41 Å². The summed E-state index contributed by atoms with van der Waals surface area (Å²) in [5, 5.41) is 2.70. The highest BCUT2D eigenvalue weighted by Gasteiger charge is 2.35. The second-order valence-electron chi connectivity index (χ2n) is 7.03. The maximum absolute atomic E-state index is 4.99. The molecular formula is C21H27N. The van der Waals surface area contributed by atoms with E-state index in [1.807, 2.05) is 0 Å². The molecule has 1 aliphatic rings. The van der Waals surface area contributed by atoms with Crippen molar-refractivity contribution < 1.29 is 0 Å². The first-order valence-electron chi connectivity index (χ1n) is 8.75. The van der Waals surface area contributed by atoms with Crippen LogP contribution in [0, 0.1) is 0 Å². The minimum absolute atomic E-state index is 0.0704. The van der Waals surface area contributed by atoms with Crippen LogP contribution in [0.4, 0.5) is 5.69 Å². The molecule has 1 aliphatic heterocycles. The third-order valence-corrected chi connectivity index (χ3v) is 5.03. The predicted molar refractivity (Wildman–Crippen MR) is 97.4 cm³/mol. The van der Waals surface area contributed by atoms with Gasteiger partial charge in [-0.2, -0.15) is 0 Å². The van der Waals surface area contributed by atoms with Crippen molar-refractivity contribution in [3.8, 4) is 0 Å². The lowest BCUT2D eigenvalue weighted by Crippen LogP contribution is -2.25. The van der Waals surface area contributed by atoms with Crippen LogP contribution in [-0.2, 0) is 5.41 Å². The number of hydrogen-bond acceptors (Lipinski definition) is 1. The molecular weight excluding hydrogens is 266 g/mol. The molecule has 1 heteroatoms. The Hall–Kier alpha value is -1.63. The van der Waals surface area contributed by atoms with Gasteiger partial charge in [-0.3, -0.25) is 4.99 Å². The molecule has 0 saturated carbocycles. The Morgan fingerprint density at radius 1 is 0.909 bits per heavy atom. The van der Waals surface area contributed by atoms with Crippen molar-refractivity contribution in [3.63, 3.8) is 0 Å². The highest BCUT2D eigenvalue weighted by atomic mass is 14.8. The summed E-state index contributed by atoms with van der Waals surface area (Å²) in [7, 11) is 0. The van der Waals surface area contributed by atoms with E-state index in [1.165, 1.54) is 59.8 Å². The summed E-state index contributed by atoms with van der Waals surface area (Å²) in [6, 6.07) is 13.1. The van der Waals surface area contributed by atoms with Crippen molar-refractivity contribution in [2.24, 2.45) is 4.99 Å². The molecule has 0 saturated heterocycles. The quantitative estimate of drug-likeness (QED) is 0.534. The second-order valence-corrected chi connectivity index (χ2v) is 7.03. The molecule has 0 atom stereocenters. The van der Waals surface area contributed by atoms with E-state index >= 15 is 0 Å². The van der Waals surface area contributed by atoms with Gasteiger partial charge in [0.1, 0.15) is 0 Å². The Morgan fingerprint density at radius 3 is 2.50 bits per heavy atom. The zero-order chi connectivity index (χ0) is 15.6. The molecule has 0 aliphatic carbocycles. The molecule has 0 unspecified atom stereocenters. The molecule has 0 spiro atoms. The summed E-state index contributed by atoms with van der Waals surface area (Å²) < 4.78 is 0. The number of benzene rings is 2. The van der Waals surface area contributed by atoms with Crippen LogP contribution < -0.4 is 0 Å². The number of fused-ring (bicyclic) bond motifs is 3. The van der Waals surface area contributed by atoms with Crippen molar-refractivity contribution in [2.45, 2.75) is 64.7 Å². The fourth-order valence-corrected chi connectivity index (χ4v) is 3.70. The van der Waals surface area contributed by atoms with Gasteiger partial charge in [0.05, 0.1) is 5.69 Å². The Balaban J connectivity index is 1.83. The number of rotatable bonds is 6. The van der Waals surface area contributed by atoms with E-state index in [2.05, 4.69) is 57.2 Å². The molecule has 0 fully saturated rings. The van der Waals surface area contributed by atoms with Crippen LogP contribution in [0.15, 0.2) is 41.4 Å². The van der Waals surface area contributed by atoms with Crippen LogP contribution in [0.1, 0.15) is 64.9 Å². The van der Waals surface area contributed by atoms with Crippen molar-refractivity contribution >= 4 is 22.2 Å². The molecule has 22 heavy (non-hydrogen) atoms. The van der Waals surface area contributed by atoms with Crippen molar-refractivity contribution in [1.29, 1.82) is 0 Å². The molecule has 0 bridgehead atoms. The summed E-state index contributed by atoms with van der Waals surface area (Å²) in [5.74, 6) is 0. The number of hydrogen-bond donors (Lipinski definition) is 0. The normalized spacial score (nSPS) is 15.9. The molecule has 1 heterocycles. The van der Waals surface area contributed by atoms with Crippen molar-refractivity contribution in [3.05, 3.63) is 42.0 Å². The standard InChI is InChI=1S/C21H27N/c1-4-5-6-7-8-13-19-21(2,3)20-17-12-10-9-11-16(17)14-15-18(20)22-19/h9-12,14-15H,4-8,13H2,1-3H3. The van der Waals surface area contributed by atoms with Crippen LogP contribution in [0.5, 0.6) is 0 Å². The zero-order valence-electron chi connectivity index (χ0n) is 14.2. The lowest BCUT2D eigenvalue weighted by Gasteiger charge is -2.24. The largest absolute Gasteiger partial charge is 0.257 e. The van der Waals surface area contributed by atoms with Crippen LogP contribution in [0.2, 0.25) is 0 Å². The van der Waals surface area contributed by atoms with Gasteiger partial charge in [0.2, 0.25) is 0 Å². The molecule has 0 N–H and O–H groups in total. The first-order valence-corrected chi connectivity index (χ1v) is 8.75. The number of aliphatic imine (C=N–C) groups is 1. The van der Waals surface area contributed by atoms with Gasteiger partial charge >= 0.3 is 0 Å². The number of nitrogens with zero attached hydrogens (tertiary/aromatic N) is 1. The van der Waals surface area contributed by atoms with E-state index < -0.39 is 0 Å². The van der Waals surface area contributed by atoms with Crippen molar-refractivity contribution in [1.82, 2.24) is 0 Å². The van der Waals surface area contributed by atoms with Crippen LogP contribution >= 0.6 is 0 Å². The summed E-state index contributed by atoms with van der Waals surface area (Å²) in [6.07, 6.45) is 7.78. The summed E-state index contributed by atoms with van der Waals surface area (Å²) >= 11 is 0. The molecule has 0 amide bonds. The molecule has 3 rings (SSSR count). The Kier molecular flexibility index (Phi) is 4.33. The summed E-state index contributed by atoms with van der Waals surface area (Å²) in [4.78, 5) is 4.99. The zero-order valence-corrected chi connectivity index (χ0v) is 14.2. The monoisotopic (exact) mass is 293 g/mol. The third kappa shape index (κ3) is 2.69. The fraction of sp³-hybridized carbons (Fsp3) is 0.476. The van der Waals surface area contributed by atoms with Gasteiger partial charge < -0.3 is 0 Å². The smallest absolute Gasteiger partial charge is 0.0677 e. The highest BCUT2D eigenvalue weighted by molar-refractivity contribution is 6.07. The van der Waals surface area contributed by atoms with E-state index in [4.69, 9.17) is 4.99 Å². The Labute approximate surface area is 134 Å². The molecule has 0 radical (unpaired) electrons. The minimum atomic E-state index is 0.0704. The van der Waals surface area contributed by atoms with E-state index in [0.717, 1.165) is 6.42 Å². The van der Waals surface area contributed by atoms with Gasteiger partial charge in [-0.25, -0.2) is 0 Å². The van der Waals surface area contributed by atoms with E-state index in [0.29, 0.717) is 0 Å². The van der Waals surface area contributed by atoms with Crippen LogP contribution in [0.25, 0.3) is 10.8 Å². The molecule has 2 aromatic rings. The van der Waals surface area contributed by atoms with Gasteiger partial charge in [-0.05, 0) is 35.2 Å². The first-order chi connectivity index (χ1) is 10.6. The van der Waals surface area contributed by atoms with Gasteiger partial charge in [0.15, 0.2) is 0 Å². The SMILES string of the molecule is CCCCCCCC1=Nc2ccc3ccccc3c2C1(C)C. The fourth-order valence-electron chi connectivity index (χ4n) is 3.70. The van der Waals surface area contributed by atoms with Gasteiger partial charge in [0, 0.05) is 11.1 Å². The minimum Gasteiger partial charge on any atom is -0.257 e. The molecule has 0 aromatic heterocycles. The van der Waals surface area contributed by atoms with E-state index in [9.17, 15) is 0 Å². The third-order valence-electron chi connectivity index (χ3n) is 5.03. The average molecular weight is 293 g/mol. The predicted octanol–water partition coefficient (Wildman–Crippen LogP) is 6.56. The lowest BCUT2D eigenvalue weighted by molar-refractivity contribution is 0.630. The lowest BCUT2D eigenvalue weighted by atomic mass is 9.77. The topological polar surface area (TPSA) is 12.4 Å². The van der Waals surface area contributed by atoms with Gasteiger partial charge in [-0.1, -0.05) is 76.8 Å². The summed E-state index contributed by atoms with van der Waals surface area (Å²) in [5.41, 5.74) is 4.05. The van der Waals surface area contributed by atoms with Gasteiger partial charge in [-0.15, -0.1) is 0 Å². The second kappa shape index (κ2) is 6.24. The first kappa shape index (κ1) is 15.3. The van der Waals surface area contributed by atoms with Crippen LogP contribution in [0.3, 0.4) is 0 Å². The number of unbranched alkanes of at least 4 members (excludes halogenated alkanes) is 4. The maximum Gasteiger partial charge on any atom is 0.0677 e. The highest BCUT2D eigenvalue weighted by Crippen LogP contribution is 2.45. The molecule has 116 valence electrons. The molecule has 2 aromatic carbocycles.